The standard InChI is InChI=1S/C50H28N4/c1-3-13-33-29(11-1)21-22-31-23-24-32(27-38(31)33)49-51-40-18-8-5-16-36(40)50(52-49)54-42-20-10-7-17-37(42)46-44(54)28-39-35-15-6-9-19-41(35)53-43-26-25-30-12-2-4-14-34(30)45(43)47(46)48(39)53/h1-28H. The van der Waals surface area contributed by atoms with Gasteiger partial charge < -0.3 is 4.40 Å². The Morgan fingerprint density at radius 1 is 0.352 bits per heavy atom. The topological polar surface area (TPSA) is 35.1 Å². The molecule has 0 aliphatic heterocycles. The molecule has 0 fully saturated rings. The summed E-state index contributed by atoms with van der Waals surface area (Å²) < 4.78 is 4.90. The SMILES string of the molecule is c1ccc2c(c1)ccc1ccc(-c3nc(-n4c5ccccc5c5c6c7c8ccccc8ccc7n7c8ccccc8c(cc54)c67)c4ccccc4n3)cc12. The first-order valence-electron chi connectivity index (χ1n) is 18.5. The van der Waals surface area contributed by atoms with Crippen LogP contribution in [0.3, 0.4) is 0 Å². The van der Waals surface area contributed by atoms with E-state index < -0.39 is 0 Å². The second kappa shape index (κ2) is 10.2. The molecule has 0 saturated carbocycles. The van der Waals surface area contributed by atoms with E-state index in [2.05, 4.69) is 179 Å². The first-order valence-corrected chi connectivity index (χ1v) is 18.5. The van der Waals surface area contributed by atoms with Crippen molar-refractivity contribution < 1.29 is 0 Å². The Morgan fingerprint density at radius 3 is 1.81 bits per heavy atom. The van der Waals surface area contributed by atoms with E-state index in [1.54, 1.807) is 0 Å². The Bertz CT molecular complexity index is 3740. The van der Waals surface area contributed by atoms with Crippen LogP contribution in [0.1, 0.15) is 0 Å². The second-order valence-corrected chi connectivity index (χ2v) is 14.5. The molecule has 0 spiro atoms. The van der Waals surface area contributed by atoms with Gasteiger partial charge in [0.1, 0.15) is 5.82 Å². The molecule has 4 heterocycles. The van der Waals surface area contributed by atoms with E-state index in [9.17, 15) is 0 Å². The van der Waals surface area contributed by atoms with Gasteiger partial charge in [-0.2, -0.15) is 0 Å². The summed E-state index contributed by atoms with van der Waals surface area (Å²) in [5, 5.41) is 15.9. The summed E-state index contributed by atoms with van der Waals surface area (Å²) >= 11 is 0. The molecule has 0 saturated heterocycles. The zero-order valence-corrected chi connectivity index (χ0v) is 29.0. The fourth-order valence-corrected chi connectivity index (χ4v) is 9.50. The van der Waals surface area contributed by atoms with Gasteiger partial charge in [-0.25, -0.2) is 9.97 Å². The van der Waals surface area contributed by atoms with Crippen LogP contribution in [-0.2, 0) is 0 Å². The van der Waals surface area contributed by atoms with Gasteiger partial charge >= 0.3 is 0 Å². The minimum atomic E-state index is 0.711. The number of nitrogens with zero attached hydrogens (tertiary/aromatic N) is 4. The van der Waals surface area contributed by atoms with Crippen LogP contribution in [0.15, 0.2) is 170 Å². The third-order valence-corrected chi connectivity index (χ3v) is 11.8. The number of aromatic nitrogens is 4. The highest BCUT2D eigenvalue weighted by atomic mass is 15.1. The Labute approximate surface area is 308 Å². The highest BCUT2D eigenvalue weighted by Gasteiger charge is 2.26. The average molecular weight is 685 g/mol. The van der Waals surface area contributed by atoms with E-state index in [1.807, 2.05) is 0 Å². The molecule has 0 bridgehead atoms. The number of hydrogen-bond acceptors (Lipinski definition) is 2. The van der Waals surface area contributed by atoms with Crippen molar-refractivity contribution in [1.82, 2.24) is 18.9 Å². The molecule has 4 nitrogen and oxygen atoms in total. The summed E-state index contributed by atoms with van der Waals surface area (Å²) in [7, 11) is 0. The van der Waals surface area contributed by atoms with Crippen LogP contribution in [0.4, 0.5) is 0 Å². The summed E-state index contributed by atoms with van der Waals surface area (Å²) in [4.78, 5) is 10.8. The highest BCUT2D eigenvalue weighted by Crippen LogP contribution is 2.48. The maximum atomic E-state index is 5.54. The third-order valence-electron chi connectivity index (χ3n) is 11.8. The van der Waals surface area contributed by atoms with Crippen molar-refractivity contribution in [2.45, 2.75) is 0 Å². The lowest BCUT2D eigenvalue weighted by molar-refractivity contribution is 1.08. The van der Waals surface area contributed by atoms with Gasteiger partial charge in [-0.1, -0.05) is 127 Å². The fourth-order valence-electron chi connectivity index (χ4n) is 9.50. The Balaban J connectivity index is 1.21. The highest BCUT2D eigenvalue weighted by molar-refractivity contribution is 6.39. The van der Waals surface area contributed by atoms with E-state index in [0.29, 0.717) is 5.82 Å². The minimum Gasteiger partial charge on any atom is -0.308 e. The van der Waals surface area contributed by atoms with E-state index in [-0.39, 0.29) is 0 Å². The molecule has 13 rings (SSSR count). The molecule has 0 atom stereocenters. The monoisotopic (exact) mass is 684 g/mol. The van der Waals surface area contributed by atoms with Crippen molar-refractivity contribution in [2.24, 2.45) is 0 Å². The largest absolute Gasteiger partial charge is 0.308 e. The minimum absolute atomic E-state index is 0.711. The van der Waals surface area contributed by atoms with Crippen molar-refractivity contribution in [3.63, 3.8) is 0 Å². The summed E-state index contributed by atoms with van der Waals surface area (Å²) in [6.45, 7) is 0. The van der Waals surface area contributed by atoms with E-state index in [4.69, 9.17) is 9.97 Å². The third kappa shape index (κ3) is 3.57. The van der Waals surface area contributed by atoms with Crippen LogP contribution < -0.4 is 0 Å². The maximum Gasteiger partial charge on any atom is 0.162 e. The molecule has 9 aromatic carbocycles. The Hall–Kier alpha value is -7.30. The van der Waals surface area contributed by atoms with Crippen molar-refractivity contribution in [2.75, 3.05) is 0 Å². The van der Waals surface area contributed by atoms with E-state index in [1.165, 1.54) is 81.2 Å². The van der Waals surface area contributed by atoms with Crippen LogP contribution in [0.5, 0.6) is 0 Å². The molecule has 54 heavy (non-hydrogen) atoms. The van der Waals surface area contributed by atoms with Gasteiger partial charge in [0.15, 0.2) is 5.82 Å². The zero-order chi connectivity index (χ0) is 35.1. The molecule has 13 aromatic rings. The number of para-hydroxylation sites is 3. The van der Waals surface area contributed by atoms with Gasteiger partial charge in [0, 0.05) is 43.3 Å². The zero-order valence-electron chi connectivity index (χ0n) is 29.0. The van der Waals surface area contributed by atoms with Gasteiger partial charge in [-0.15, -0.1) is 0 Å². The van der Waals surface area contributed by atoms with Crippen LogP contribution in [0, 0.1) is 0 Å². The molecule has 4 heteroatoms. The van der Waals surface area contributed by atoms with Crippen LogP contribution >= 0.6 is 0 Å². The smallest absolute Gasteiger partial charge is 0.162 e. The van der Waals surface area contributed by atoms with Crippen LogP contribution in [0.2, 0.25) is 0 Å². The quantitative estimate of drug-likeness (QED) is 0.170. The summed E-state index contributed by atoms with van der Waals surface area (Å²) in [5.41, 5.74) is 7.91. The first kappa shape index (κ1) is 28.3. The molecule has 0 aliphatic rings. The van der Waals surface area contributed by atoms with Crippen LogP contribution in [-0.4, -0.2) is 18.9 Å². The summed E-state index contributed by atoms with van der Waals surface area (Å²) in [5.74, 6) is 1.59. The van der Waals surface area contributed by atoms with Gasteiger partial charge in [-0.3, -0.25) is 4.57 Å². The predicted molar refractivity (Wildman–Crippen MR) is 226 cm³/mol. The Morgan fingerprint density at radius 2 is 0.963 bits per heavy atom. The molecule has 4 aromatic heterocycles. The molecule has 0 unspecified atom stereocenters. The average Bonchev–Trinajstić information content (AvgIpc) is 3.88. The van der Waals surface area contributed by atoms with Crippen molar-refractivity contribution >= 4 is 103 Å². The Kier molecular flexibility index (Phi) is 5.34. The summed E-state index contributed by atoms with van der Waals surface area (Å²) in [6, 6.07) is 61.6. The lowest BCUT2D eigenvalue weighted by Crippen LogP contribution is -2.02. The first-order chi connectivity index (χ1) is 26.8. The maximum absolute atomic E-state index is 5.54. The lowest BCUT2D eigenvalue weighted by atomic mass is 9.98. The number of rotatable bonds is 2. The molecule has 0 N–H and O–H groups in total. The number of fused-ring (bicyclic) bond motifs is 16. The summed E-state index contributed by atoms with van der Waals surface area (Å²) in [6.07, 6.45) is 0. The van der Waals surface area contributed by atoms with Crippen LogP contribution in [0.25, 0.3) is 120 Å². The molecular weight excluding hydrogens is 657 g/mol. The van der Waals surface area contributed by atoms with Crippen molar-refractivity contribution in [1.29, 1.82) is 0 Å². The van der Waals surface area contributed by atoms with Crippen molar-refractivity contribution in [3.05, 3.63) is 170 Å². The van der Waals surface area contributed by atoms with E-state index in [0.717, 1.165) is 33.3 Å². The second-order valence-electron chi connectivity index (χ2n) is 14.5. The number of hydrogen-bond donors (Lipinski definition) is 0. The predicted octanol–water partition coefficient (Wildman–Crippen LogP) is 13.0. The van der Waals surface area contributed by atoms with Crippen molar-refractivity contribution in [3.8, 4) is 17.2 Å². The normalized spacial score (nSPS) is 12.4. The lowest BCUT2D eigenvalue weighted by Gasteiger charge is -2.13. The molecule has 0 amide bonds. The van der Waals surface area contributed by atoms with Gasteiger partial charge in [0.05, 0.1) is 33.1 Å². The molecule has 248 valence electrons. The molecule has 0 radical (unpaired) electrons. The fraction of sp³-hybridized carbons (Fsp3) is 0. The van der Waals surface area contributed by atoms with Gasteiger partial charge in [-0.05, 0) is 74.8 Å². The number of benzene rings is 9. The van der Waals surface area contributed by atoms with Gasteiger partial charge in [0.2, 0.25) is 0 Å². The molecule has 0 aliphatic carbocycles. The van der Waals surface area contributed by atoms with E-state index >= 15 is 0 Å². The van der Waals surface area contributed by atoms with Gasteiger partial charge in [0.25, 0.3) is 0 Å². The molecular formula is C50H28N4.